The highest BCUT2D eigenvalue weighted by atomic mass is 32.2. The second-order valence-electron chi connectivity index (χ2n) is 5.43. The van der Waals surface area contributed by atoms with Gasteiger partial charge in [0.25, 0.3) is 15.9 Å². The second-order valence-corrected chi connectivity index (χ2v) is 7.40. The Morgan fingerprint density at radius 3 is 2.67 bits per heavy atom. The third-order valence-electron chi connectivity index (χ3n) is 3.97. The van der Waals surface area contributed by atoms with Gasteiger partial charge in [-0.2, -0.15) is 5.10 Å². The van der Waals surface area contributed by atoms with E-state index in [0.29, 0.717) is 22.9 Å². The van der Waals surface area contributed by atoms with Crippen molar-refractivity contribution >= 4 is 15.9 Å². The van der Waals surface area contributed by atoms with E-state index in [9.17, 15) is 17.6 Å². The number of aromatic nitrogens is 2. The fourth-order valence-corrected chi connectivity index (χ4v) is 3.71. The average molecular weight is 353 g/mol. The summed E-state index contributed by atoms with van der Waals surface area (Å²) in [5.74, 6) is -1.31. The molecular weight excluding hydrogens is 337 g/mol. The number of rotatable bonds is 3. The van der Waals surface area contributed by atoms with Crippen molar-refractivity contribution in [1.82, 2.24) is 14.1 Å². The van der Waals surface area contributed by atoms with Crippen molar-refractivity contribution in [1.29, 1.82) is 0 Å². The van der Waals surface area contributed by atoms with Crippen LogP contribution in [0.3, 0.4) is 0 Å². The Morgan fingerprint density at radius 2 is 2.00 bits per heavy atom. The number of hydrogen-bond donors (Lipinski definition) is 0. The van der Waals surface area contributed by atoms with Gasteiger partial charge in [0.2, 0.25) is 0 Å². The highest BCUT2D eigenvalue weighted by molar-refractivity contribution is 7.89. The van der Waals surface area contributed by atoms with Gasteiger partial charge in [-0.15, -0.1) is 0 Å². The Kier molecular flexibility index (Phi) is 4.14. The van der Waals surface area contributed by atoms with Crippen molar-refractivity contribution in [2.75, 3.05) is 13.7 Å². The van der Waals surface area contributed by atoms with E-state index in [1.54, 1.807) is 11.7 Å². The third-order valence-corrected chi connectivity index (χ3v) is 5.72. The van der Waals surface area contributed by atoms with Gasteiger partial charge < -0.3 is 4.74 Å². The zero-order valence-electron chi connectivity index (χ0n) is 13.2. The van der Waals surface area contributed by atoms with E-state index >= 15 is 0 Å². The molecule has 0 saturated carbocycles. The van der Waals surface area contributed by atoms with E-state index in [4.69, 9.17) is 4.74 Å². The lowest BCUT2D eigenvalue weighted by Gasteiger charge is -2.18. The Balaban J connectivity index is 1.97. The first-order valence-electron chi connectivity index (χ1n) is 7.23. The van der Waals surface area contributed by atoms with E-state index in [2.05, 4.69) is 5.10 Å². The van der Waals surface area contributed by atoms with Gasteiger partial charge in [0.1, 0.15) is 5.82 Å². The molecule has 1 aromatic carbocycles. The monoisotopic (exact) mass is 353 g/mol. The molecule has 0 aliphatic carbocycles. The van der Waals surface area contributed by atoms with Crippen LogP contribution in [-0.2, 0) is 34.8 Å². The fourth-order valence-electron chi connectivity index (χ4n) is 2.60. The van der Waals surface area contributed by atoms with E-state index in [0.717, 1.165) is 37.0 Å². The number of aryl methyl sites for hydroxylation is 1. The zero-order valence-corrected chi connectivity index (χ0v) is 14.0. The molecular formula is C15H16FN3O4S. The first kappa shape index (κ1) is 16.6. The van der Waals surface area contributed by atoms with Crippen molar-refractivity contribution in [3.63, 3.8) is 0 Å². The first-order valence-corrected chi connectivity index (χ1v) is 8.67. The van der Waals surface area contributed by atoms with Crippen LogP contribution in [0.15, 0.2) is 29.2 Å². The molecule has 2 heterocycles. The van der Waals surface area contributed by atoms with Crippen LogP contribution in [0.2, 0.25) is 0 Å². The molecule has 0 atom stereocenters. The molecule has 0 radical (unpaired) electrons. The number of halogens is 1. The van der Waals surface area contributed by atoms with Gasteiger partial charge in [0, 0.05) is 31.8 Å². The summed E-state index contributed by atoms with van der Waals surface area (Å²) in [5, 5.41) is 4.16. The minimum absolute atomic E-state index is 0.0559. The van der Waals surface area contributed by atoms with E-state index in [1.165, 1.54) is 0 Å². The molecule has 1 aromatic heterocycles. The van der Waals surface area contributed by atoms with Crippen LogP contribution in [0, 0.1) is 5.82 Å². The van der Waals surface area contributed by atoms with Gasteiger partial charge >= 0.3 is 0 Å². The molecule has 1 aliphatic rings. The lowest BCUT2D eigenvalue weighted by Crippen LogP contribution is -2.34. The highest BCUT2D eigenvalue weighted by Crippen LogP contribution is 2.23. The summed E-state index contributed by atoms with van der Waals surface area (Å²) in [7, 11) is -1.23. The highest BCUT2D eigenvalue weighted by Gasteiger charge is 2.32. The maximum Gasteiger partial charge on any atom is 0.288 e. The standard InChI is InChI=1S/C15H16FN3O4S/c1-18-13-7-8-23-9-12(13)14(17-18)15(20)19(2)24(21,22)11-5-3-10(16)4-6-11/h3-6H,7-9H2,1-2H3. The van der Waals surface area contributed by atoms with Gasteiger partial charge in [0.05, 0.1) is 18.1 Å². The van der Waals surface area contributed by atoms with Gasteiger partial charge in [-0.05, 0) is 24.3 Å². The van der Waals surface area contributed by atoms with Crippen LogP contribution in [0.1, 0.15) is 21.7 Å². The quantitative estimate of drug-likeness (QED) is 0.825. The summed E-state index contributed by atoms with van der Waals surface area (Å²) in [5.41, 5.74) is 1.52. The van der Waals surface area contributed by atoms with Crippen LogP contribution >= 0.6 is 0 Å². The molecule has 0 fully saturated rings. The topological polar surface area (TPSA) is 81.5 Å². The number of benzene rings is 1. The molecule has 0 N–H and O–H groups in total. The summed E-state index contributed by atoms with van der Waals surface area (Å²) < 4.78 is 45.6. The van der Waals surface area contributed by atoms with Crippen LogP contribution in [0.4, 0.5) is 4.39 Å². The summed E-state index contributed by atoms with van der Waals surface area (Å²) in [6.45, 7) is 0.749. The molecule has 1 aliphatic heterocycles. The maximum absolute atomic E-state index is 13.0. The van der Waals surface area contributed by atoms with Crippen LogP contribution < -0.4 is 0 Å². The largest absolute Gasteiger partial charge is 0.376 e. The number of ether oxygens (including phenoxy) is 1. The Labute approximate surface area is 138 Å². The minimum atomic E-state index is -4.09. The number of nitrogens with zero attached hydrogens (tertiary/aromatic N) is 3. The number of amides is 1. The number of carbonyl (C=O) groups is 1. The van der Waals surface area contributed by atoms with Crippen molar-refractivity contribution in [3.8, 4) is 0 Å². The Bertz CT molecular complexity index is 890. The second kappa shape index (κ2) is 5.99. The summed E-state index contributed by atoms with van der Waals surface area (Å²) in [4.78, 5) is 12.5. The molecule has 0 bridgehead atoms. The van der Waals surface area contributed by atoms with Crippen LogP contribution in [-0.4, -0.2) is 42.1 Å². The van der Waals surface area contributed by atoms with E-state index in [1.807, 2.05) is 0 Å². The minimum Gasteiger partial charge on any atom is -0.376 e. The molecule has 0 unspecified atom stereocenters. The number of carbonyl (C=O) groups excluding carboxylic acids is 1. The molecule has 9 heteroatoms. The fraction of sp³-hybridized carbons (Fsp3) is 0.333. The lowest BCUT2D eigenvalue weighted by molar-refractivity contribution is 0.0859. The van der Waals surface area contributed by atoms with Crippen molar-refractivity contribution < 1.29 is 22.3 Å². The first-order chi connectivity index (χ1) is 11.3. The van der Waals surface area contributed by atoms with Gasteiger partial charge in [-0.1, -0.05) is 0 Å². The van der Waals surface area contributed by atoms with Crippen molar-refractivity contribution in [2.24, 2.45) is 7.05 Å². The zero-order chi connectivity index (χ0) is 17.5. The number of fused-ring (bicyclic) bond motifs is 1. The average Bonchev–Trinajstić information content (AvgIpc) is 2.91. The Hall–Kier alpha value is -2.26. The number of sulfonamides is 1. The van der Waals surface area contributed by atoms with Gasteiger partial charge in [-0.25, -0.2) is 17.1 Å². The third kappa shape index (κ3) is 2.69. The van der Waals surface area contributed by atoms with Crippen LogP contribution in [0.25, 0.3) is 0 Å². The smallest absolute Gasteiger partial charge is 0.288 e. The van der Waals surface area contributed by atoms with Crippen LogP contribution in [0.5, 0.6) is 0 Å². The molecule has 128 valence electrons. The number of hydrogen-bond acceptors (Lipinski definition) is 5. The molecule has 1 amide bonds. The molecule has 7 nitrogen and oxygen atoms in total. The SMILES string of the molecule is CN(C(=O)c1nn(C)c2c1COCC2)S(=O)(=O)c1ccc(F)cc1. The molecule has 0 saturated heterocycles. The van der Waals surface area contributed by atoms with E-state index in [-0.39, 0.29) is 17.2 Å². The normalized spacial score (nSPS) is 14.3. The van der Waals surface area contributed by atoms with Crippen molar-refractivity contribution in [2.45, 2.75) is 17.9 Å². The summed E-state index contributed by atoms with van der Waals surface area (Å²) in [6, 6.07) is 4.29. The predicted molar refractivity (Wildman–Crippen MR) is 82.2 cm³/mol. The van der Waals surface area contributed by atoms with Gasteiger partial charge in [0.15, 0.2) is 5.69 Å². The lowest BCUT2D eigenvalue weighted by atomic mass is 10.1. The van der Waals surface area contributed by atoms with Crippen molar-refractivity contribution in [3.05, 3.63) is 47.0 Å². The summed E-state index contributed by atoms with van der Waals surface area (Å²) >= 11 is 0. The van der Waals surface area contributed by atoms with E-state index < -0.39 is 21.7 Å². The molecule has 0 spiro atoms. The predicted octanol–water partition coefficient (Wildman–Crippen LogP) is 1.09. The summed E-state index contributed by atoms with van der Waals surface area (Å²) in [6.07, 6.45) is 0.612. The Morgan fingerprint density at radius 1 is 1.33 bits per heavy atom. The maximum atomic E-state index is 13.0. The molecule has 3 rings (SSSR count). The molecule has 2 aromatic rings. The van der Waals surface area contributed by atoms with Gasteiger partial charge in [-0.3, -0.25) is 9.48 Å². The molecule has 24 heavy (non-hydrogen) atoms.